The Morgan fingerprint density at radius 3 is 2.21 bits per heavy atom. The van der Waals surface area contributed by atoms with E-state index in [1.54, 1.807) is 36.4 Å². The van der Waals surface area contributed by atoms with Gasteiger partial charge >= 0.3 is 5.97 Å². The van der Waals surface area contributed by atoms with Crippen LogP contribution in [0.25, 0.3) is 0 Å². The van der Waals surface area contributed by atoms with Crippen LogP contribution >= 0.6 is 0 Å². The maximum Gasteiger partial charge on any atom is 0.329 e. The molecule has 2 aromatic rings. The summed E-state index contributed by atoms with van der Waals surface area (Å²) in [4.78, 5) is 35.5. The summed E-state index contributed by atoms with van der Waals surface area (Å²) in [6, 6.07) is 10.9. The number of amides is 2. The van der Waals surface area contributed by atoms with Gasteiger partial charge < -0.3 is 15.5 Å². The summed E-state index contributed by atoms with van der Waals surface area (Å²) in [5, 5.41) is 30.1. The number of benzene rings is 2. The fraction of sp³-hybridized carbons (Fsp3) is 0.250. The van der Waals surface area contributed by atoms with Gasteiger partial charge in [-0.25, -0.2) is 9.80 Å². The van der Waals surface area contributed by atoms with Crippen molar-refractivity contribution in [2.75, 3.05) is 6.54 Å². The number of carboxylic acids is 1. The van der Waals surface area contributed by atoms with Gasteiger partial charge in [0.1, 0.15) is 5.75 Å². The third-order valence-electron chi connectivity index (χ3n) is 3.99. The van der Waals surface area contributed by atoms with Gasteiger partial charge in [0.2, 0.25) is 5.91 Å². The molecule has 3 N–H and O–H groups in total. The molecule has 2 rings (SSSR count). The molecule has 0 spiro atoms. The number of nitrogens with zero attached hydrogens (tertiary/aromatic N) is 3. The van der Waals surface area contributed by atoms with Crippen LogP contribution in [0, 0.1) is 0 Å². The first-order valence-corrected chi connectivity index (χ1v) is 8.92. The Morgan fingerprint density at radius 1 is 1.07 bits per heavy atom. The molecule has 0 aliphatic rings. The average molecular weight is 398 g/mol. The quantitative estimate of drug-likeness (QED) is 0.465. The highest BCUT2D eigenvalue weighted by atomic mass is 16.4. The van der Waals surface area contributed by atoms with Crippen molar-refractivity contribution in [2.45, 2.75) is 26.3 Å². The van der Waals surface area contributed by atoms with Crippen molar-refractivity contribution in [1.82, 2.24) is 10.3 Å². The van der Waals surface area contributed by atoms with Gasteiger partial charge in [0, 0.05) is 25.5 Å². The lowest BCUT2D eigenvalue weighted by Gasteiger charge is -2.21. The smallest absolute Gasteiger partial charge is 0.329 e. The van der Waals surface area contributed by atoms with Crippen molar-refractivity contribution in [2.24, 2.45) is 10.3 Å². The highest BCUT2D eigenvalue weighted by molar-refractivity contribution is 5.94. The molecule has 9 heteroatoms. The topological polar surface area (TPSA) is 132 Å². The molecule has 0 saturated heterocycles. The van der Waals surface area contributed by atoms with Crippen molar-refractivity contribution >= 4 is 23.5 Å². The van der Waals surface area contributed by atoms with E-state index in [-0.39, 0.29) is 18.1 Å². The van der Waals surface area contributed by atoms with Crippen LogP contribution < -0.4 is 5.32 Å². The maximum atomic E-state index is 12.0. The second kappa shape index (κ2) is 9.98. The van der Waals surface area contributed by atoms with Crippen LogP contribution in [0.3, 0.4) is 0 Å². The molecule has 2 aromatic carbocycles. The van der Waals surface area contributed by atoms with E-state index in [2.05, 4.69) is 15.7 Å². The molecule has 0 radical (unpaired) electrons. The minimum atomic E-state index is -1.27. The number of rotatable bonds is 8. The number of hydrogen-bond acceptors (Lipinski definition) is 6. The number of carboxylic acid groups (broad SMARTS) is 1. The Bertz CT molecular complexity index is 894. The first-order valence-electron chi connectivity index (χ1n) is 8.92. The zero-order valence-corrected chi connectivity index (χ0v) is 16.1. The first-order chi connectivity index (χ1) is 13.8. The normalized spacial score (nSPS) is 11.8. The number of aliphatic carboxylic acids is 1. The number of carbonyl (C=O) groups is 3. The van der Waals surface area contributed by atoms with Crippen molar-refractivity contribution in [3.8, 4) is 5.75 Å². The molecule has 29 heavy (non-hydrogen) atoms. The SMILES string of the molecule is CCNC(=O)c1ccc(N=NN(C(C)=O)[C@@H](Cc2ccc(O)cc2)C(=O)O)cc1. The number of phenolic OH excluding ortho intramolecular Hbond substituents is 1. The van der Waals surface area contributed by atoms with Crippen LogP contribution in [-0.4, -0.2) is 45.6 Å². The number of carbonyl (C=O) groups excluding carboxylic acids is 2. The fourth-order valence-corrected chi connectivity index (χ4v) is 2.52. The Labute approximate surface area is 167 Å². The molecule has 0 bridgehead atoms. The molecule has 0 aliphatic carbocycles. The molecule has 152 valence electrons. The van der Waals surface area contributed by atoms with E-state index in [0.29, 0.717) is 23.4 Å². The number of aromatic hydroxyl groups is 1. The molecule has 0 aliphatic heterocycles. The first kappa shape index (κ1) is 21.5. The highest BCUT2D eigenvalue weighted by Gasteiger charge is 2.28. The van der Waals surface area contributed by atoms with Gasteiger partial charge in [0.05, 0.1) is 5.69 Å². The van der Waals surface area contributed by atoms with Crippen LogP contribution in [0.5, 0.6) is 5.75 Å². The third kappa shape index (κ3) is 6.13. The molecule has 0 saturated carbocycles. The minimum absolute atomic E-state index is 0.00958. The minimum Gasteiger partial charge on any atom is -0.508 e. The summed E-state index contributed by atoms with van der Waals surface area (Å²) in [6.45, 7) is 3.52. The van der Waals surface area contributed by atoms with Gasteiger partial charge in [-0.1, -0.05) is 17.4 Å². The molecule has 0 fully saturated rings. The van der Waals surface area contributed by atoms with Gasteiger partial charge in [-0.15, -0.1) is 5.11 Å². The number of nitrogens with one attached hydrogen (secondary N) is 1. The van der Waals surface area contributed by atoms with Gasteiger partial charge in [0.15, 0.2) is 6.04 Å². The van der Waals surface area contributed by atoms with Crippen LogP contribution in [0.2, 0.25) is 0 Å². The van der Waals surface area contributed by atoms with E-state index in [4.69, 9.17) is 0 Å². The predicted molar refractivity (Wildman–Crippen MR) is 105 cm³/mol. The lowest BCUT2D eigenvalue weighted by Crippen LogP contribution is -2.41. The Balaban J connectivity index is 2.19. The van der Waals surface area contributed by atoms with Crippen LogP contribution in [0.1, 0.15) is 29.8 Å². The lowest BCUT2D eigenvalue weighted by atomic mass is 10.1. The summed E-state index contributed by atoms with van der Waals surface area (Å²) < 4.78 is 0. The molecule has 2 amide bonds. The lowest BCUT2D eigenvalue weighted by molar-refractivity contribution is -0.149. The largest absolute Gasteiger partial charge is 0.508 e. The number of phenols is 1. The maximum absolute atomic E-state index is 12.0. The zero-order valence-electron chi connectivity index (χ0n) is 16.1. The summed E-state index contributed by atoms with van der Waals surface area (Å²) >= 11 is 0. The van der Waals surface area contributed by atoms with E-state index in [0.717, 1.165) is 5.01 Å². The third-order valence-corrected chi connectivity index (χ3v) is 3.99. The Kier molecular flexibility index (Phi) is 7.41. The Morgan fingerprint density at radius 2 is 1.69 bits per heavy atom. The monoisotopic (exact) mass is 398 g/mol. The summed E-state index contributed by atoms with van der Waals surface area (Å²) in [6.07, 6.45) is -0.00958. The van der Waals surface area contributed by atoms with Crippen molar-refractivity contribution in [3.63, 3.8) is 0 Å². The van der Waals surface area contributed by atoms with Crippen molar-refractivity contribution in [1.29, 1.82) is 0 Å². The van der Waals surface area contributed by atoms with Gasteiger partial charge in [-0.2, -0.15) is 0 Å². The summed E-state index contributed by atoms with van der Waals surface area (Å²) in [7, 11) is 0. The van der Waals surface area contributed by atoms with Gasteiger partial charge in [-0.3, -0.25) is 9.59 Å². The Hall–Kier alpha value is -3.75. The summed E-state index contributed by atoms with van der Waals surface area (Å²) in [5.41, 5.74) is 1.42. The predicted octanol–water partition coefficient (Wildman–Crippen LogP) is 2.69. The van der Waals surface area contributed by atoms with E-state index in [1.807, 2.05) is 6.92 Å². The zero-order chi connectivity index (χ0) is 21.4. The molecule has 0 unspecified atom stereocenters. The fourth-order valence-electron chi connectivity index (χ4n) is 2.52. The van der Waals surface area contributed by atoms with Crippen LogP contribution in [0.4, 0.5) is 5.69 Å². The molecule has 1 atom stereocenters. The van der Waals surface area contributed by atoms with Crippen molar-refractivity contribution < 1.29 is 24.6 Å². The van der Waals surface area contributed by atoms with E-state index >= 15 is 0 Å². The van der Waals surface area contributed by atoms with Crippen molar-refractivity contribution in [3.05, 3.63) is 59.7 Å². The van der Waals surface area contributed by atoms with E-state index in [1.165, 1.54) is 19.1 Å². The molecular weight excluding hydrogens is 376 g/mol. The van der Waals surface area contributed by atoms with Gasteiger partial charge in [0.25, 0.3) is 5.91 Å². The molecule has 0 aromatic heterocycles. The standard InChI is InChI=1S/C20H22N4O5/c1-3-21-19(27)15-6-8-16(9-7-15)22-23-24(13(2)25)18(20(28)29)12-14-4-10-17(26)11-5-14/h4-11,18,26H,3,12H2,1-2H3,(H,21,27)(H,28,29)/t18-/m0/s1. The van der Waals surface area contributed by atoms with Crippen LogP contribution in [0.15, 0.2) is 58.9 Å². The average Bonchev–Trinajstić information content (AvgIpc) is 2.69. The van der Waals surface area contributed by atoms with Crippen LogP contribution in [-0.2, 0) is 16.0 Å². The highest BCUT2D eigenvalue weighted by Crippen LogP contribution is 2.18. The van der Waals surface area contributed by atoms with Gasteiger partial charge in [-0.05, 0) is 48.9 Å². The molecule has 0 heterocycles. The van der Waals surface area contributed by atoms with E-state index in [9.17, 15) is 24.6 Å². The number of hydrogen-bond donors (Lipinski definition) is 3. The van der Waals surface area contributed by atoms with E-state index < -0.39 is 17.9 Å². The molecular formula is C20H22N4O5. The second-order valence-corrected chi connectivity index (χ2v) is 6.18. The molecule has 9 nitrogen and oxygen atoms in total. The second-order valence-electron chi connectivity index (χ2n) is 6.18. The summed E-state index contributed by atoms with van der Waals surface area (Å²) in [5.74, 6) is -1.99.